The van der Waals surface area contributed by atoms with Crippen molar-refractivity contribution in [3.63, 3.8) is 0 Å². The van der Waals surface area contributed by atoms with Gasteiger partial charge in [0.05, 0.1) is 18.1 Å². The van der Waals surface area contributed by atoms with Gasteiger partial charge in [0, 0.05) is 11.3 Å². The topological polar surface area (TPSA) is 65.2 Å². The zero-order valence-electron chi connectivity index (χ0n) is 12.0. The summed E-state index contributed by atoms with van der Waals surface area (Å²) in [6.07, 6.45) is 0. The standard InChI is InChI=1S/C16H14N2O3/c1-9-4-6-11(7-5-9)14-13-12(16(19)20-3)8-10(2)17-15(13)21-18-14/h4-8H,1-3H3. The van der Waals surface area contributed by atoms with Gasteiger partial charge >= 0.3 is 5.97 Å². The Hall–Kier alpha value is -2.69. The van der Waals surface area contributed by atoms with Crippen LogP contribution in [0.25, 0.3) is 22.4 Å². The quantitative estimate of drug-likeness (QED) is 0.675. The fraction of sp³-hybridized carbons (Fsp3) is 0.188. The molecular weight excluding hydrogens is 268 g/mol. The van der Waals surface area contributed by atoms with Gasteiger partial charge in [-0.1, -0.05) is 35.0 Å². The van der Waals surface area contributed by atoms with Crippen LogP contribution in [0.4, 0.5) is 0 Å². The number of aryl methyl sites for hydroxylation is 2. The van der Waals surface area contributed by atoms with Crippen molar-refractivity contribution in [1.82, 2.24) is 10.1 Å². The summed E-state index contributed by atoms with van der Waals surface area (Å²) >= 11 is 0. The summed E-state index contributed by atoms with van der Waals surface area (Å²) in [7, 11) is 1.35. The second-order valence-electron chi connectivity index (χ2n) is 4.88. The van der Waals surface area contributed by atoms with Crippen molar-refractivity contribution < 1.29 is 14.1 Å². The number of nitrogens with zero attached hydrogens (tertiary/aromatic N) is 2. The van der Waals surface area contributed by atoms with Gasteiger partial charge in [-0.25, -0.2) is 9.78 Å². The maximum absolute atomic E-state index is 12.0. The van der Waals surface area contributed by atoms with Gasteiger partial charge in [0.15, 0.2) is 0 Å². The molecule has 0 atom stereocenters. The Morgan fingerprint density at radius 3 is 2.57 bits per heavy atom. The lowest BCUT2D eigenvalue weighted by molar-refractivity contribution is 0.0602. The third kappa shape index (κ3) is 2.27. The number of rotatable bonds is 2. The van der Waals surface area contributed by atoms with E-state index < -0.39 is 5.97 Å². The van der Waals surface area contributed by atoms with E-state index in [9.17, 15) is 4.79 Å². The number of benzene rings is 1. The first-order chi connectivity index (χ1) is 10.1. The number of carbonyl (C=O) groups excluding carboxylic acids is 1. The summed E-state index contributed by atoms with van der Waals surface area (Å²) < 4.78 is 10.1. The molecule has 0 N–H and O–H groups in total. The summed E-state index contributed by atoms with van der Waals surface area (Å²) in [5.74, 6) is -0.429. The van der Waals surface area contributed by atoms with Gasteiger partial charge in [0.2, 0.25) is 0 Å². The fourth-order valence-corrected chi connectivity index (χ4v) is 2.25. The van der Waals surface area contributed by atoms with E-state index in [2.05, 4.69) is 10.1 Å². The predicted octanol–water partition coefficient (Wildman–Crippen LogP) is 3.29. The normalized spacial score (nSPS) is 10.8. The van der Waals surface area contributed by atoms with Crippen molar-refractivity contribution >= 4 is 17.1 Å². The highest BCUT2D eigenvalue weighted by Crippen LogP contribution is 2.30. The van der Waals surface area contributed by atoms with Gasteiger partial charge in [0.25, 0.3) is 5.71 Å². The van der Waals surface area contributed by atoms with Crippen molar-refractivity contribution in [1.29, 1.82) is 0 Å². The number of esters is 1. The lowest BCUT2D eigenvalue weighted by Gasteiger charge is -2.03. The average Bonchev–Trinajstić information content (AvgIpc) is 2.90. The number of ether oxygens (including phenoxy) is 1. The molecule has 0 fully saturated rings. The molecule has 1 aromatic carbocycles. The van der Waals surface area contributed by atoms with E-state index >= 15 is 0 Å². The number of methoxy groups -OCH3 is 1. The van der Waals surface area contributed by atoms with E-state index in [1.165, 1.54) is 7.11 Å². The van der Waals surface area contributed by atoms with Crippen molar-refractivity contribution in [3.05, 3.63) is 47.2 Å². The zero-order valence-corrected chi connectivity index (χ0v) is 12.0. The second kappa shape index (κ2) is 5.01. The van der Waals surface area contributed by atoms with Crippen molar-refractivity contribution in [2.45, 2.75) is 13.8 Å². The van der Waals surface area contributed by atoms with Gasteiger partial charge in [-0.15, -0.1) is 0 Å². The van der Waals surface area contributed by atoms with Crippen LogP contribution in [0.5, 0.6) is 0 Å². The highest BCUT2D eigenvalue weighted by atomic mass is 16.5. The van der Waals surface area contributed by atoms with E-state index in [0.717, 1.165) is 11.1 Å². The van der Waals surface area contributed by atoms with Crippen LogP contribution in [0.15, 0.2) is 34.9 Å². The zero-order chi connectivity index (χ0) is 15.0. The predicted molar refractivity (Wildman–Crippen MR) is 78.1 cm³/mol. The minimum atomic E-state index is -0.429. The molecular formula is C16H14N2O3. The fourth-order valence-electron chi connectivity index (χ4n) is 2.25. The molecule has 3 aromatic rings. The van der Waals surface area contributed by atoms with Crippen molar-refractivity contribution in [3.8, 4) is 11.3 Å². The minimum absolute atomic E-state index is 0.339. The molecule has 2 heterocycles. The molecule has 106 valence electrons. The lowest BCUT2D eigenvalue weighted by atomic mass is 10.0. The summed E-state index contributed by atoms with van der Waals surface area (Å²) in [5.41, 5.74) is 4.04. The molecule has 21 heavy (non-hydrogen) atoms. The number of hydrogen-bond donors (Lipinski definition) is 0. The first kappa shape index (κ1) is 13.3. The maximum Gasteiger partial charge on any atom is 0.338 e. The lowest BCUT2D eigenvalue weighted by Crippen LogP contribution is -2.03. The van der Waals surface area contributed by atoms with E-state index in [0.29, 0.717) is 28.1 Å². The number of pyridine rings is 1. The van der Waals surface area contributed by atoms with E-state index in [1.54, 1.807) is 13.0 Å². The van der Waals surface area contributed by atoms with E-state index in [1.807, 2.05) is 31.2 Å². The molecule has 5 heteroatoms. The van der Waals surface area contributed by atoms with E-state index in [4.69, 9.17) is 9.26 Å². The average molecular weight is 282 g/mol. The second-order valence-corrected chi connectivity index (χ2v) is 4.88. The molecule has 0 aliphatic heterocycles. The van der Waals surface area contributed by atoms with Gasteiger partial charge < -0.3 is 9.26 Å². The highest BCUT2D eigenvalue weighted by molar-refractivity contribution is 6.07. The van der Waals surface area contributed by atoms with Crippen LogP contribution in [0.1, 0.15) is 21.6 Å². The molecule has 0 bridgehead atoms. The molecule has 0 aliphatic rings. The summed E-state index contributed by atoms with van der Waals surface area (Å²) in [4.78, 5) is 16.3. The van der Waals surface area contributed by atoms with Gasteiger partial charge in [0.1, 0.15) is 5.69 Å². The number of aromatic nitrogens is 2. The Morgan fingerprint density at radius 2 is 1.90 bits per heavy atom. The molecule has 0 spiro atoms. The molecule has 0 saturated carbocycles. The third-order valence-corrected chi connectivity index (χ3v) is 3.30. The first-order valence-corrected chi connectivity index (χ1v) is 6.52. The molecule has 0 saturated heterocycles. The van der Waals surface area contributed by atoms with Gasteiger partial charge in [-0.05, 0) is 19.9 Å². The van der Waals surface area contributed by atoms with Crippen molar-refractivity contribution in [2.75, 3.05) is 7.11 Å². The monoisotopic (exact) mass is 282 g/mol. The van der Waals surface area contributed by atoms with Crippen LogP contribution in [0.2, 0.25) is 0 Å². The molecule has 2 aromatic heterocycles. The van der Waals surface area contributed by atoms with Crippen LogP contribution in [0, 0.1) is 13.8 Å². The molecule has 3 rings (SSSR count). The number of carbonyl (C=O) groups is 1. The Morgan fingerprint density at radius 1 is 1.19 bits per heavy atom. The van der Waals surface area contributed by atoms with Crippen LogP contribution in [0.3, 0.4) is 0 Å². The molecule has 0 unspecified atom stereocenters. The largest absolute Gasteiger partial charge is 0.465 e. The highest BCUT2D eigenvalue weighted by Gasteiger charge is 2.21. The Kier molecular flexibility index (Phi) is 3.17. The number of hydrogen-bond acceptors (Lipinski definition) is 5. The Labute approximate surface area is 121 Å². The van der Waals surface area contributed by atoms with Crippen molar-refractivity contribution in [2.24, 2.45) is 0 Å². The SMILES string of the molecule is COC(=O)c1cc(C)nc2onc(-c3ccc(C)cc3)c12. The first-order valence-electron chi connectivity index (χ1n) is 6.52. The van der Waals surface area contributed by atoms with Crippen LogP contribution < -0.4 is 0 Å². The number of fused-ring (bicyclic) bond motifs is 1. The molecule has 0 amide bonds. The summed E-state index contributed by atoms with van der Waals surface area (Å²) in [6.45, 7) is 3.80. The van der Waals surface area contributed by atoms with Crippen LogP contribution in [-0.2, 0) is 4.74 Å². The van der Waals surface area contributed by atoms with E-state index in [-0.39, 0.29) is 0 Å². The van der Waals surface area contributed by atoms with Gasteiger partial charge in [-0.2, -0.15) is 0 Å². The summed E-state index contributed by atoms with van der Waals surface area (Å²) in [5, 5.41) is 4.65. The summed E-state index contributed by atoms with van der Waals surface area (Å²) in [6, 6.07) is 9.52. The minimum Gasteiger partial charge on any atom is -0.465 e. The smallest absolute Gasteiger partial charge is 0.338 e. The third-order valence-electron chi connectivity index (χ3n) is 3.30. The molecule has 0 aliphatic carbocycles. The Bertz CT molecular complexity index is 819. The van der Waals surface area contributed by atoms with Crippen LogP contribution in [-0.4, -0.2) is 23.2 Å². The molecule has 0 radical (unpaired) electrons. The Balaban J connectivity index is 2.29. The van der Waals surface area contributed by atoms with Crippen LogP contribution >= 0.6 is 0 Å². The van der Waals surface area contributed by atoms with Gasteiger partial charge in [-0.3, -0.25) is 0 Å². The molecule has 5 nitrogen and oxygen atoms in total. The maximum atomic E-state index is 12.0.